The maximum absolute atomic E-state index is 12.3. The van der Waals surface area contributed by atoms with Gasteiger partial charge in [0.2, 0.25) is 10.2 Å². The van der Waals surface area contributed by atoms with Crippen LogP contribution in [0, 0.1) is 6.92 Å². The smallest absolute Gasteiger partial charge is 0.365 e. The molecule has 0 saturated carbocycles. The Hall–Kier alpha value is -2.91. The van der Waals surface area contributed by atoms with Gasteiger partial charge in [0.15, 0.2) is 0 Å². The number of nitrogens with one attached hydrogen (secondary N) is 1. The maximum atomic E-state index is 12.3. The Morgan fingerprint density at radius 1 is 1.29 bits per heavy atom. The molecular weight excluding hydrogens is 400 g/mol. The average molecular weight is 417 g/mol. The zero-order valence-electron chi connectivity index (χ0n) is 15.2. The summed E-state index contributed by atoms with van der Waals surface area (Å²) in [5.41, 5.74) is 5.32. The first-order valence-electron chi connectivity index (χ1n) is 8.36. The number of hydrazone groups is 1. The molecule has 0 spiro atoms. The molecule has 0 radical (unpaired) electrons. The second-order valence-electron chi connectivity index (χ2n) is 5.57. The van der Waals surface area contributed by atoms with Crippen molar-refractivity contribution in [3.05, 3.63) is 59.1 Å². The quantitative estimate of drug-likeness (QED) is 0.223. The topological polar surface area (TPSA) is 94.3 Å². The fraction of sp³-hybridized carbons (Fsp3) is 0.167. The van der Waals surface area contributed by atoms with Crippen LogP contribution in [0.1, 0.15) is 12.5 Å². The molecule has 0 bridgehead atoms. The van der Waals surface area contributed by atoms with Crippen molar-refractivity contribution in [2.24, 2.45) is 5.10 Å². The van der Waals surface area contributed by atoms with Crippen LogP contribution < -0.4 is 5.43 Å². The van der Waals surface area contributed by atoms with E-state index in [1.165, 1.54) is 4.68 Å². The van der Waals surface area contributed by atoms with E-state index in [0.717, 1.165) is 23.0 Å². The summed E-state index contributed by atoms with van der Waals surface area (Å²) in [4.78, 5) is 12.3. The van der Waals surface area contributed by atoms with Crippen LogP contribution in [0.4, 0.5) is 5.69 Å². The fourth-order valence-corrected chi connectivity index (χ4v) is 3.06. The van der Waals surface area contributed by atoms with Crippen LogP contribution in [-0.2, 0) is 9.53 Å². The molecule has 3 aromatic rings. The summed E-state index contributed by atoms with van der Waals surface area (Å²) >= 11 is 6.97. The van der Waals surface area contributed by atoms with Crippen molar-refractivity contribution in [3.63, 3.8) is 0 Å². The largest absolute Gasteiger partial charge is 0.461 e. The number of esters is 1. The Morgan fingerprint density at radius 3 is 2.79 bits per heavy atom. The zero-order chi connectivity index (χ0) is 19.9. The summed E-state index contributed by atoms with van der Waals surface area (Å²) in [6.45, 7) is 3.94. The Bertz CT molecular complexity index is 990. The van der Waals surface area contributed by atoms with Crippen molar-refractivity contribution in [2.75, 3.05) is 12.0 Å². The van der Waals surface area contributed by atoms with Crippen molar-refractivity contribution in [1.29, 1.82) is 0 Å². The third-order valence-corrected chi connectivity index (χ3v) is 4.59. The lowest BCUT2D eigenvalue weighted by Gasteiger charge is -2.08. The van der Waals surface area contributed by atoms with Gasteiger partial charge in [-0.05, 0) is 66.4 Å². The second kappa shape index (κ2) is 9.34. The first-order valence-corrected chi connectivity index (χ1v) is 9.56. The van der Waals surface area contributed by atoms with Gasteiger partial charge in [0.1, 0.15) is 0 Å². The van der Waals surface area contributed by atoms with Gasteiger partial charge in [-0.3, -0.25) is 5.43 Å². The van der Waals surface area contributed by atoms with E-state index in [1.807, 2.05) is 31.2 Å². The molecule has 1 aromatic heterocycles. The number of tetrazole rings is 1. The van der Waals surface area contributed by atoms with E-state index in [9.17, 15) is 4.79 Å². The molecule has 0 atom stereocenters. The molecule has 0 aliphatic carbocycles. The molecule has 3 rings (SSSR count). The molecule has 0 saturated heterocycles. The molecule has 0 unspecified atom stereocenters. The van der Waals surface area contributed by atoms with Crippen molar-refractivity contribution < 1.29 is 9.53 Å². The first-order chi connectivity index (χ1) is 13.6. The van der Waals surface area contributed by atoms with Crippen LogP contribution in [0.5, 0.6) is 0 Å². The molecule has 10 heteroatoms. The van der Waals surface area contributed by atoms with Crippen LogP contribution >= 0.6 is 23.4 Å². The number of carbonyl (C=O) groups is 1. The SMILES string of the molecule is CCOC(=O)/C(=N\Nc1cccc(Cl)c1)Sc1nnnn1-c1ccc(C)cc1. The van der Waals surface area contributed by atoms with Gasteiger partial charge < -0.3 is 4.74 Å². The number of anilines is 1. The lowest BCUT2D eigenvalue weighted by atomic mass is 10.2. The number of thioether (sulfide) groups is 1. The number of aryl methyl sites for hydroxylation is 1. The van der Waals surface area contributed by atoms with Gasteiger partial charge in [-0.2, -0.15) is 9.78 Å². The van der Waals surface area contributed by atoms with E-state index in [4.69, 9.17) is 16.3 Å². The number of hydrogen-bond donors (Lipinski definition) is 1. The molecule has 8 nitrogen and oxygen atoms in total. The molecular formula is C18H17ClN6O2S. The minimum atomic E-state index is -0.583. The normalized spacial score (nSPS) is 11.3. The van der Waals surface area contributed by atoms with Crippen LogP contribution in [0.2, 0.25) is 5.02 Å². The standard InChI is InChI=1S/C18H17ClN6O2S/c1-3-27-17(26)16(21-20-14-6-4-5-13(19)11-14)28-18-22-23-24-25(18)15-9-7-12(2)8-10-15/h4-11,20H,3H2,1-2H3/b21-16+. The minimum absolute atomic E-state index is 0.0602. The lowest BCUT2D eigenvalue weighted by molar-refractivity contribution is -0.134. The van der Waals surface area contributed by atoms with Gasteiger partial charge in [-0.1, -0.05) is 35.4 Å². The highest BCUT2D eigenvalue weighted by Crippen LogP contribution is 2.22. The highest BCUT2D eigenvalue weighted by molar-refractivity contribution is 8.15. The zero-order valence-corrected chi connectivity index (χ0v) is 16.7. The van der Waals surface area contributed by atoms with Gasteiger partial charge in [0, 0.05) is 5.02 Å². The van der Waals surface area contributed by atoms with E-state index in [-0.39, 0.29) is 11.7 Å². The predicted octanol–water partition coefficient (Wildman–Crippen LogP) is 3.70. The van der Waals surface area contributed by atoms with E-state index in [0.29, 0.717) is 15.9 Å². The van der Waals surface area contributed by atoms with Gasteiger partial charge >= 0.3 is 5.97 Å². The van der Waals surface area contributed by atoms with Gasteiger partial charge in [-0.15, -0.1) is 5.10 Å². The predicted molar refractivity (Wildman–Crippen MR) is 109 cm³/mol. The number of aromatic nitrogens is 4. The number of benzene rings is 2. The van der Waals surface area contributed by atoms with Gasteiger partial charge in [-0.25, -0.2) is 4.79 Å². The first kappa shape index (κ1) is 19.8. The van der Waals surface area contributed by atoms with Crippen molar-refractivity contribution in [1.82, 2.24) is 20.2 Å². The molecule has 0 amide bonds. The molecule has 1 heterocycles. The molecule has 2 aromatic carbocycles. The molecule has 0 aliphatic heterocycles. The summed E-state index contributed by atoms with van der Waals surface area (Å²) in [5.74, 6) is -0.583. The highest BCUT2D eigenvalue weighted by Gasteiger charge is 2.20. The maximum Gasteiger partial charge on any atom is 0.365 e. The lowest BCUT2D eigenvalue weighted by Crippen LogP contribution is -2.17. The van der Waals surface area contributed by atoms with Crippen LogP contribution in [0.25, 0.3) is 5.69 Å². The van der Waals surface area contributed by atoms with Crippen molar-refractivity contribution in [2.45, 2.75) is 19.0 Å². The number of nitrogens with zero attached hydrogens (tertiary/aromatic N) is 5. The number of carbonyl (C=O) groups excluding carboxylic acids is 1. The summed E-state index contributed by atoms with van der Waals surface area (Å²) in [6.07, 6.45) is 0. The molecule has 0 fully saturated rings. The summed E-state index contributed by atoms with van der Waals surface area (Å²) in [6, 6.07) is 14.7. The molecule has 1 N–H and O–H groups in total. The molecule has 28 heavy (non-hydrogen) atoms. The average Bonchev–Trinajstić information content (AvgIpc) is 3.14. The summed E-state index contributed by atoms with van der Waals surface area (Å²) in [7, 11) is 0. The third-order valence-electron chi connectivity index (χ3n) is 3.47. The van der Waals surface area contributed by atoms with Crippen LogP contribution in [0.15, 0.2) is 58.8 Å². The van der Waals surface area contributed by atoms with Crippen LogP contribution in [0.3, 0.4) is 0 Å². The van der Waals surface area contributed by atoms with Gasteiger partial charge in [0.05, 0.1) is 18.0 Å². The van der Waals surface area contributed by atoms with Gasteiger partial charge in [0.25, 0.3) is 0 Å². The Kier molecular flexibility index (Phi) is 6.62. The van der Waals surface area contributed by atoms with E-state index in [2.05, 4.69) is 26.1 Å². The van der Waals surface area contributed by atoms with Crippen molar-refractivity contribution in [3.8, 4) is 5.69 Å². The van der Waals surface area contributed by atoms with Crippen LogP contribution in [-0.4, -0.2) is 37.8 Å². The van der Waals surface area contributed by atoms with Crippen molar-refractivity contribution >= 4 is 40.1 Å². The third kappa shape index (κ3) is 5.08. The Labute approximate surface area is 170 Å². The Morgan fingerprint density at radius 2 is 2.07 bits per heavy atom. The number of halogens is 1. The fourth-order valence-electron chi connectivity index (χ4n) is 2.15. The Balaban J connectivity index is 1.86. The molecule has 0 aliphatic rings. The summed E-state index contributed by atoms with van der Waals surface area (Å²) < 4.78 is 6.62. The molecule has 144 valence electrons. The minimum Gasteiger partial charge on any atom is -0.461 e. The number of ether oxygens (including phenoxy) is 1. The van der Waals surface area contributed by atoms with E-state index >= 15 is 0 Å². The number of hydrogen-bond acceptors (Lipinski definition) is 8. The highest BCUT2D eigenvalue weighted by atomic mass is 35.5. The van der Waals surface area contributed by atoms with E-state index < -0.39 is 5.97 Å². The second-order valence-corrected chi connectivity index (χ2v) is 6.96. The monoisotopic (exact) mass is 416 g/mol. The number of rotatable bonds is 5. The summed E-state index contributed by atoms with van der Waals surface area (Å²) in [5, 5.41) is 16.8. The van der Waals surface area contributed by atoms with E-state index in [1.54, 1.807) is 31.2 Å².